The number of nitrogens with zero attached hydrogens (tertiary/aromatic N) is 3. The summed E-state index contributed by atoms with van der Waals surface area (Å²) in [6, 6.07) is 11.2. The number of hydrogen-bond donors (Lipinski definition) is 0. The molecular formula is C27H39N3O2. The Balaban J connectivity index is 1.37. The van der Waals surface area contributed by atoms with Gasteiger partial charge < -0.3 is 14.6 Å². The maximum Gasteiger partial charge on any atom is 0.320 e. The molecule has 2 amide bonds. The van der Waals surface area contributed by atoms with E-state index in [-0.39, 0.29) is 28.3 Å². The molecule has 32 heavy (non-hydrogen) atoms. The first kappa shape index (κ1) is 21.9. The van der Waals surface area contributed by atoms with Crippen molar-refractivity contribution in [1.82, 2.24) is 14.7 Å². The van der Waals surface area contributed by atoms with Crippen molar-refractivity contribution in [2.24, 2.45) is 11.3 Å². The van der Waals surface area contributed by atoms with E-state index in [1.807, 2.05) is 0 Å². The van der Waals surface area contributed by atoms with Crippen molar-refractivity contribution < 1.29 is 9.59 Å². The van der Waals surface area contributed by atoms with Gasteiger partial charge in [0.15, 0.2) is 0 Å². The maximum atomic E-state index is 13.7. The lowest BCUT2D eigenvalue weighted by Gasteiger charge is -2.51. The molecule has 0 unspecified atom stereocenters. The van der Waals surface area contributed by atoms with Gasteiger partial charge in [-0.3, -0.25) is 4.90 Å². The first-order valence-electron chi connectivity index (χ1n) is 12.6. The molecule has 0 atom stereocenters. The average molecular weight is 438 g/mol. The third kappa shape index (κ3) is 3.87. The molecule has 3 aliphatic carbocycles. The highest BCUT2D eigenvalue weighted by Crippen LogP contribution is 2.53. The summed E-state index contributed by atoms with van der Waals surface area (Å²) in [5, 5.41) is 0. The predicted octanol–water partition coefficient (Wildman–Crippen LogP) is 4.66. The van der Waals surface area contributed by atoms with Crippen LogP contribution in [0.15, 0.2) is 30.3 Å². The molecule has 3 saturated carbocycles. The normalized spacial score (nSPS) is 31.6. The summed E-state index contributed by atoms with van der Waals surface area (Å²) in [5.74, 6) is 0.951. The van der Waals surface area contributed by atoms with Gasteiger partial charge in [-0.2, -0.15) is 0 Å². The summed E-state index contributed by atoms with van der Waals surface area (Å²) in [5.41, 5.74) is 1.46. The van der Waals surface area contributed by atoms with E-state index in [1.54, 1.807) is 6.92 Å². The van der Waals surface area contributed by atoms with Crippen molar-refractivity contribution >= 4 is 11.8 Å². The van der Waals surface area contributed by atoms with Crippen LogP contribution in [-0.2, 0) is 10.3 Å². The molecule has 5 heteroatoms. The van der Waals surface area contributed by atoms with Crippen LogP contribution in [0.25, 0.3) is 0 Å². The standard InChI is InChI=1S/C27H39N3O2/c1-21(31)17-25(11-12-25)19-29-20-26(30(24(29)32)18-22-9-10-22)13-15-27(16-14-26,28(2)3)23-7-5-4-6-8-23/h4-8,22H,9-20H2,1-3H3. The van der Waals surface area contributed by atoms with Gasteiger partial charge in [0.2, 0.25) is 0 Å². The van der Waals surface area contributed by atoms with Crippen molar-refractivity contribution in [2.75, 3.05) is 33.7 Å². The quantitative estimate of drug-likeness (QED) is 0.594. The molecule has 4 aliphatic rings. The maximum absolute atomic E-state index is 13.7. The van der Waals surface area contributed by atoms with E-state index >= 15 is 0 Å². The molecule has 1 aliphatic heterocycles. The number of carbonyl (C=O) groups is 2. The van der Waals surface area contributed by atoms with E-state index in [0.29, 0.717) is 12.3 Å². The molecule has 1 aromatic carbocycles. The van der Waals surface area contributed by atoms with E-state index < -0.39 is 0 Å². The van der Waals surface area contributed by atoms with Crippen LogP contribution in [0.3, 0.4) is 0 Å². The SMILES string of the molecule is CC(=O)CC1(CN2CC3(CCC(c4ccccc4)(N(C)C)CC3)N(CC3CC3)C2=O)CC1. The van der Waals surface area contributed by atoms with Crippen molar-refractivity contribution in [3.05, 3.63) is 35.9 Å². The van der Waals surface area contributed by atoms with E-state index in [2.05, 4.69) is 59.1 Å². The first-order valence-corrected chi connectivity index (χ1v) is 12.6. The van der Waals surface area contributed by atoms with Crippen LogP contribution in [0.4, 0.5) is 4.79 Å². The lowest BCUT2D eigenvalue weighted by Crippen LogP contribution is -2.55. The summed E-state index contributed by atoms with van der Waals surface area (Å²) in [7, 11) is 4.41. The Kier molecular flexibility index (Phi) is 5.39. The average Bonchev–Trinajstić information content (AvgIpc) is 3.69. The Morgan fingerprint density at radius 1 is 1.03 bits per heavy atom. The van der Waals surface area contributed by atoms with Gasteiger partial charge in [0.25, 0.3) is 0 Å². The fraction of sp³-hybridized carbons (Fsp3) is 0.704. The van der Waals surface area contributed by atoms with E-state index in [4.69, 9.17) is 0 Å². The van der Waals surface area contributed by atoms with E-state index in [0.717, 1.165) is 58.2 Å². The number of Topliss-reactive ketones (excluding diaryl/α,β-unsaturated/α-hetero) is 1. The summed E-state index contributed by atoms with van der Waals surface area (Å²) in [4.78, 5) is 32.3. The van der Waals surface area contributed by atoms with Crippen LogP contribution in [0, 0.1) is 11.3 Å². The fourth-order valence-electron chi connectivity index (χ4n) is 6.64. The number of benzene rings is 1. The van der Waals surface area contributed by atoms with Crippen LogP contribution < -0.4 is 0 Å². The highest BCUT2D eigenvalue weighted by molar-refractivity contribution is 5.79. The molecule has 0 radical (unpaired) electrons. The molecular weight excluding hydrogens is 398 g/mol. The second-order valence-electron chi connectivity index (χ2n) is 11.6. The lowest BCUT2D eigenvalue weighted by atomic mass is 9.68. The van der Waals surface area contributed by atoms with Crippen molar-refractivity contribution in [3.8, 4) is 0 Å². The Labute approximate surface area is 193 Å². The topological polar surface area (TPSA) is 43.9 Å². The number of urea groups is 1. The summed E-state index contributed by atoms with van der Waals surface area (Å²) in [6.07, 6.45) is 9.58. The van der Waals surface area contributed by atoms with Gasteiger partial charge in [-0.25, -0.2) is 4.79 Å². The number of rotatable bonds is 8. The summed E-state index contributed by atoms with van der Waals surface area (Å²) in [6.45, 7) is 4.23. The highest BCUT2D eigenvalue weighted by atomic mass is 16.2. The zero-order valence-electron chi connectivity index (χ0n) is 20.1. The fourth-order valence-corrected chi connectivity index (χ4v) is 6.64. The molecule has 0 aromatic heterocycles. The molecule has 0 bridgehead atoms. The van der Waals surface area contributed by atoms with Crippen molar-refractivity contribution in [3.63, 3.8) is 0 Å². The third-order valence-electron chi connectivity index (χ3n) is 8.98. The van der Waals surface area contributed by atoms with E-state index in [9.17, 15) is 9.59 Å². The van der Waals surface area contributed by atoms with Gasteiger partial charge >= 0.3 is 6.03 Å². The number of amides is 2. The van der Waals surface area contributed by atoms with Gasteiger partial charge in [0.1, 0.15) is 5.78 Å². The Morgan fingerprint density at radius 2 is 1.69 bits per heavy atom. The van der Waals surface area contributed by atoms with Crippen molar-refractivity contribution in [1.29, 1.82) is 0 Å². The number of hydrogen-bond acceptors (Lipinski definition) is 3. The monoisotopic (exact) mass is 437 g/mol. The minimum Gasteiger partial charge on any atom is -0.322 e. The second kappa shape index (κ2) is 7.86. The van der Waals surface area contributed by atoms with E-state index in [1.165, 1.54) is 18.4 Å². The number of carbonyl (C=O) groups excluding carboxylic acids is 2. The Bertz CT molecular complexity index is 864. The number of ketones is 1. The minimum absolute atomic E-state index is 0.0414. The zero-order chi connectivity index (χ0) is 22.6. The van der Waals surface area contributed by atoms with Gasteiger partial charge in [0, 0.05) is 31.6 Å². The summed E-state index contributed by atoms with van der Waals surface area (Å²) >= 11 is 0. The van der Waals surface area contributed by atoms with Gasteiger partial charge in [-0.1, -0.05) is 30.3 Å². The van der Waals surface area contributed by atoms with Gasteiger partial charge in [-0.05, 0) is 89.3 Å². The Hall–Kier alpha value is -1.88. The van der Waals surface area contributed by atoms with Crippen molar-refractivity contribution in [2.45, 2.75) is 75.8 Å². The molecule has 174 valence electrons. The second-order valence-corrected chi connectivity index (χ2v) is 11.6. The molecule has 1 spiro atoms. The first-order chi connectivity index (χ1) is 15.3. The molecule has 1 saturated heterocycles. The van der Waals surface area contributed by atoms with Gasteiger partial charge in [-0.15, -0.1) is 0 Å². The smallest absolute Gasteiger partial charge is 0.320 e. The lowest BCUT2D eigenvalue weighted by molar-refractivity contribution is -0.118. The minimum atomic E-state index is -0.0414. The van der Waals surface area contributed by atoms with Crippen LogP contribution in [0.2, 0.25) is 0 Å². The molecule has 5 rings (SSSR count). The van der Waals surface area contributed by atoms with Crippen LogP contribution in [0.5, 0.6) is 0 Å². The van der Waals surface area contributed by atoms with Crippen LogP contribution in [0.1, 0.15) is 70.3 Å². The highest BCUT2D eigenvalue weighted by Gasteiger charge is 2.57. The van der Waals surface area contributed by atoms with Crippen LogP contribution in [-0.4, -0.2) is 65.8 Å². The Morgan fingerprint density at radius 3 is 2.22 bits per heavy atom. The largest absolute Gasteiger partial charge is 0.322 e. The molecule has 5 nitrogen and oxygen atoms in total. The zero-order valence-corrected chi connectivity index (χ0v) is 20.1. The summed E-state index contributed by atoms with van der Waals surface area (Å²) < 4.78 is 0. The third-order valence-corrected chi connectivity index (χ3v) is 8.98. The molecule has 1 heterocycles. The molecule has 4 fully saturated rings. The molecule has 1 aromatic rings. The van der Waals surface area contributed by atoms with Crippen LogP contribution >= 0.6 is 0 Å². The van der Waals surface area contributed by atoms with Gasteiger partial charge in [0.05, 0.1) is 5.54 Å². The predicted molar refractivity (Wildman–Crippen MR) is 126 cm³/mol. The molecule has 0 N–H and O–H groups in total.